The molecular formula is C12H22N2O3. The average molecular weight is 242 g/mol. The van der Waals surface area contributed by atoms with Gasteiger partial charge in [-0.2, -0.15) is 0 Å². The minimum Gasteiger partial charge on any atom is -0.378 e. The molecule has 0 radical (unpaired) electrons. The summed E-state index contributed by atoms with van der Waals surface area (Å²) in [5.41, 5.74) is 0. The molecule has 0 aliphatic carbocycles. The zero-order valence-corrected chi connectivity index (χ0v) is 10.8. The number of rotatable bonds is 0. The predicted octanol–water partition coefficient (Wildman–Crippen LogP) is 0.494. The van der Waals surface area contributed by atoms with Crippen LogP contribution in [0.1, 0.15) is 26.7 Å². The Bertz CT molecular complexity index is 256. The molecule has 0 atom stereocenters. The number of hydrogen-bond donors (Lipinski definition) is 0. The molecule has 5 nitrogen and oxygen atoms in total. The highest BCUT2D eigenvalue weighted by Gasteiger charge is 2.12. The van der Waals surface area contributed by atoms with Gasteiger partial charge in [0.1, 0.15) is 0 Å². The molecule has 2 aliphatic heterocycles. The van der Waals surface area contributed by atoms with Gasteiger partial charge < -0.3 is 14.5 Å². The van der Waals surface area contributed by atoms with E-state index >= 15 is 0 Å². The maximum Gasteiger partial charge on any atom is 0.219 e. The van der Waals surface area contributed by atoms with E-state index in [1.807, 2.05) is 4.90 Å². The zero-order chi connectivity index (χ0) is 12.7. The van der Waals surface area contributed by atoms with Gasteiger partial charge in [0, 0.05) is 40.0 Å². The number of ether oxygens (including phenoxy) is 1. The monoisotopic (exact) mass is 242 g/mol. The Kier molecular flexibility index (Phi) is 5.97. The van der Waals surface area contributed by atoms with Crippen LogP contribution in [0, 0.1) is 0 Å². The predicted molar refractivity (Wildman–Crippen MR) is 64.6 cm³/mol. The fourth-order valence-corrected chi connectivity index (χ4v) is 1.91. The van der Waals surface area contributed by atoms with Crippen LogP contribution < -0.4 is 0 Å². The minimum atomic E-state index is 0.151. The molecule has 5 heteroatoms. The summed E-state index contributed by atoms with van der Waals surface area (Å²) in [6, 6.07) is 0. The molecule has 2 fully saturated rings. The molecule has 0 aromatic rings. The molecule has 2 amide bonds. The van der Waals surface area contributed by atoms with Crippen molar-refractivity contribution in [2.75, 3.05) is 39.4 Å². The molecule has 2 saturated heterocycles. The number of carbonyl (C=O) groups excluding carboxylic acids is 2. The Morgan fingerprint density at radius 1 is 0.824 bits per heavy atom. The van der Waals surface area contributed by atoms with Crippen LogP contribution in [0.15, 0.2) is 0 Å². The lowest BCUT2D eigenvalue weighted by Crippen LogP contribution is -2.39. The highest BCUT2D eigenvalue weighted by Crippen LogP contribution is 2.06. The summed E-state index contributed by atoms with van der Waals surface area (Å²) in [6.07, 6.45) is 2.39. The standard InChI is InChI=1S/C6H11NO2.C6H11NO/c1-6(8)7-2-4-9-5-3-7;1-6(8)7-4-2-3-5-7/h2-5H2,1H3;2-5H2,1H3. The molecule has 17 heavy (non-hydrogen) atoms. The second-order valence-electron chi connectivity index (χ2n) is 4.33. The number of morpholine rings is 1. The first-order valence-corrected chi connectivity index (χ1v) is 6.20. The van der Waals surface area contributed by atoms with Crippen molar-refractivity contribution < 1.29 is 14.3 Å². The third-order valence-electron chi connectivity index (χ3n) is 3.01. The van der Waals surface area contributed by atoms with Crippen molar-refractivity contribution in [3.05, 3.63) is 0 Å². The Labute approximate surface area is 103 Å². The largest absolute Gasteiger partial charge is 0.378 e. The second kappa shape index (κ2) is 7.27. The van der Waals surface area contributed by atoms with Crippen LogP contribution in [0.2, 0.25) is 0 Å². The average Bonchev–Trinajstić information content (AvgIpc) is 2.84. The fourth-order valence-electron chi connectivity index (χ4n) is 1.91. The van der Waals surface area contributed by atoms with E-state index in [-0.39, 0.29) is 11.8 Å². The quantitative estimate of drug-likeness (QED) is 0.621. The van der Waals surface area contributed by atoms with Gasteiger partial charge >= 0.3 is 0 Å². The molecule has 0 saturated carbocycles. The second-order valence-corrected chi connectivity index (χ2v) is 4.33. The van der Waals surface area contributed by atoms with Crippen LogP contribution >= 0.6 is 0 Å². The normalized spacial score (nSPS) is 19.6. The fraction of sp³-hybridized carbons (Fsp3) is 0.833. The number of hydrogen-bond acceptors (Lipinski definition) is 3. The molecule has 0 bridgehead atoms. The summed E-state index contributed by atoms with van der Waals surface area (Å²) in [7, 11) is 0. The number of carbonyl (C=O) groups is 2. The van der Waals surface area contributed by atoms with Crippen LogP contribution in [0.4, 0.5) is 0 Å². The summed E-state index contributed by atoms with van der Waals surface area (Å²) >= 11 is 0. The van der Waals surface area contributed by atoms with Crippen molar-refractivity contribution in [1.29, 1.82) is 0 Å². The molecule has 2 heterocycles. The van der Waals surface area contributed by atoms with Crippen LogP contribution in [0.3, 0.4) is 0 Å². The summed E-state index contributed by atoms with van der Waals surface area (Å²) < 4.78 is 5.06. The van der Waals surface area contributed by atoms with E-state index in [1.54, 1.807) is 18.7 Å². The summed E-state index contributed by atoms with van der Waals surface area (Å²) in [5.74, 6) is 0.376. The van der Waals surface area contributed by atoms with Crippen LogP contribution in [0.5, 0.6) is 0 Å². The van der Waals surface area contributed by atoms with Gasteiger partial charge in [0.2, 0.25) is 11.8 Å². The Hall–Kier alpha value is -1.10. The maximum atomic E-state index is 10.7. The first kappa shape index (κ1) is 14.0. The molecule has 0 unspecified atom stereocenters. The highest BCUT2D eigenvalue weighted by molar-refractivity contribution is 5.73. The van der Waals surface area contributed by atoms with Crippen molar-refractivity contribution in [2.45, 2.75) is 26.7 Å². The first-order valence-electron chi connectivity index (χ1n) is 6.20. The molecule has 0 N–H and O–H groups in total. The van der Waals surface area contributed by atoms with Crippen molar-refractivity contribution in [2.24, 2.45) is 0 Å². The van der Waals surface area contributed by atoms with Crippen LogP contribution in [0.25, 0.3) is 0 Å². The molecule has 0 spiro atoms. The maximum absolute atomic E-state index is 10.7. The van der Waals surface area contributed by atoms with Crippen molar-refractivity contribution in [3.63, 3.8) is 0 Å². The zero-order valence-electron chi connectivity index (χ0n) is 10.8. The van der Waals surface area contributed by atoms with E-state index in [0.717, 1.165) is 26.2 Å². The third-order valence-corrected chi connectivity index (χ3v) is 3.01. The molecule has 0 aromatic heterocycles. The van der Waals surface area contributed by atoms with Crippen LogP contribution in [-0.4, -0.2) is 61.0 Å². The lowest BCUT2D eigenvalue weighted by Gasteiger charge is -2.25. The van der Waals surface area contributed by atoms with Crippen molar-refractivity contribution in [1.82, 2.24) is 9.80 Å². The van der Waals surface area contributed by atoms with Gasteiger partial charge in [-0.15, -0.1) is 0 Å². The topological polar surface area (TPSA) is 49.9 Å². The number of nitrogens with zero attached hydrogens (tertiary/aromatic N) is 2. The van der Waals surface area contributed by atoms with E-state index in [9.17, 15) is 9.59 Å². The lowest BCUT2D eigenvalue weighted by molar-refractivity contribution is -0.132. The SMILES string of the molecule is CC(=O)N1CCCC1.CC(=O)N1CCOCC1. The van der Waals surface area contributed by atoms with Gasteiger partial charge in [0.05, 0.1) is 13.2 Å². The Morgan fingerprint density at radius 3 is 1.53 bits per heavy atom. The van der Waals surface area contributed by atoms with Crippen molar-refractivity contribution in [3.8, 4) is 0 Å². The number of amides is 2. The molecule has 98 valence electrons. The van der Waals surface area contributed by atoms with Gasteiger partial charge in [-0.3, -0.25) is 9.59 Å². The summed E-state index contributed by atoms with van der Waals surface area (Å²) in [4.78, 5) is 24.9. The Morgan fingerprint density at radius 2 is 1.24 bits per heavy atom. The van der Waals surface area contributed by atoms with Gasteiger partial charge in [-0.1, -0.05) is 0 Å². The van der Waals surface area contributed by atoms with Gasteiger partial charge in [-0.05, 0) is 12.8 Å². The van der Waals surface area contributed by atoms with Gasteiger partial charge in [0.15, 0.2) is 0 Å². The lowest BCUT2D eigenvalue weighted by atomic mass is 10.4. The molecule has 2 aliphatic rings. The van der Waals surface area contributed by atoms with E-state index in [0.29, 0.717) is 13.2 Å². The van der Waals surface area contributed by atoms with E-state index in [4.69, 9.17) is 4.74 Å². The third kappa shape index (κ3) is 5.17. The molecule has 0 aromatic carbocycles. The van der Waals surface area contributed by atoms with Gasteiger partial charge in [-0.25, -0.2) is 0 Å². The van der Waals surface area contributed by atoms with Crippen molar-refractivity contribution >= 4 is 11.8 Å². The Balaban J connectivity index is 0.000000171. The number of likely N-dealkylation sites (tertiary alicyclic amines) is 1. The minimum absolute atomic E-state index is 0.151. The van der Waals surface area contributed by atoms with E-state index in [1.165, 1.54) is 12.8 Å². The smallest absolute Gasteiger partial charge is 0.219 e. The van der Waals surface area contributed by atoms with E-state index in [2.05, 4.69) is 0 Å². The summed E-state index contributed by atoms with van der Waals surface area (Å²) in [6.45, 7) is 8.09. The van der Waals surface area contributed by atoms with E-state index < -0.39 is 0 Å². The summed E-state index contributed by atoms with van der Waals surface area (Å²) in [5, 5.41) is 0. The van der Waals surface area contributed by atoms with Crippen LogP contribution in [-0.2, 0) is 14.3 Å². The highest BCUT2D eigenvalue weighted by atomic mass is 16.5. The van der Waals surface area contributed by atoms with Gasteiger partial charge in [0.25, 0.3) is 0 Å². The first-order chi connectivity index (χ1) is 8.11. The molecule has 2 rings (SSSR count). The molecular weight excluding hydrogens is 220 g/mol.